The summed E-state index contributed by atoms with van der Waals surface area (Å²) >= 11 is 0. The average molecular weight is 582 g/mol. The molecule has 0 aliphatic rings. The summed E-state index contributed by atoms with van der Waals surface area (Å²) in [4.78, 5) is 12.3. The summed E-state index contributed by atoms with van der Waals surface area (Å²) < 4.78 is 0. The van der Waals surface area contributed by atoms with E-state index < -0.39 is 18.2 Å². The van der Waals surface area contributed by atoms with Crippen LogP contribution in [0, 0.1) is 0 Å². The predicted molar refractivity (Wildman–Crippen MR) is 176 cm³/mol. The summed E-state index contributed by atoms with van der Waals surface area (Å²) in [5.41, 5.74) is 0. The highest BCUT2D eigenvalue weighted by molar-refractivity contribution is 5.76. The van der Waals surface area contributed by atoms with Gasteiger partial charge in [0, 0.05) is 0 Å². The molecule has 0 saturated heterocycles. The molecule has 0 spiro atoms. The van der Waals surface area contributed by atoms with Gasteiger partial charge in [-0.1, -0.05) is 154 Å². The Bertz CT molecular complexity index is 568. The summed E-state index contributed by atoms with van der Waals surface area (Å²) in [5.74, 6) is -0.290. The SMILES string of the molecule is CCCCCCCCCC/C=C\CCCCCCCC(O)CC(=O)NC(CO)C(O)CCCCCCCCCCC. The van der Waals surface area contributed by atoms with E-state index in [9.17, 15) is 20.1 Å². The van der Waals surface area contributed by atoms with Crippen LogP contribution >= 0.6 is 0 Å². The molecule has 0 aliphatic heterocycles. The highest BCUT2D eigenvalue weighted by Gasteiger charge is 2.21. The fraction of sp³-hybridized carbons (Fsp3) is 0.917. The first kappa shape index (κ1) is 40.1. The third kappa shape index (κ3) is 29.0. The first-order chi connectivity index (χ1) is 20.0. The third-order valence-corrected chi connectivity index (χ3v) is 8.33. The summed E-state index contributed by atoms with van der Waals surface area (Å²) in [5, 5.41) is 33.1. The van der Waals surface area contributed by atoms with Gasteiger partial charge in [-0.05, 0) is 38.5 Å². The lowest BCUT2D eigenvalue weighted by Crippen LogP contribution is -2.46. The van der Waals surface area contributed by atoms with Gasteiger partial charge in [0.05, 0.1) is 31.3 Å². The molecule has 0 aromatic rings. The van der Waals surface area contributed by atoms with Gasteiger partial charge >= 0.3 is 0 Å². The van der Waals surface area contributed by atoms with Crippen molar-refractivity contribution in [3.63, 3.8) is 0 Å². The largest absolute Gasteiger partial charge is 0.394 e. The van der Waals surface area contributed by atoms with Crippen molar-refractivity contribution >= 4 is 5.91 Å². The van der Waals surface area contributed by atoms with Crippen LogP contribution in [0.1, 0.15) is 187 Å². The van der Waals surface area contributed by atoms with Gasteiger partial charge in [-0.2, -0.15) is 0 Å². The number of carbonyl (C=O) groups excluding carboxylic acids is 1. The molecule has 3 atom stereocenters. The molecule has 0 aromatic heterocycles. The second-order valence-corrected chi connectivity index (χ2v) is 12.5. The maximum Gasteiger partial charge on any atom is 0.222 e. The van der Waals surface area contributed by atoms with Crippen LogP contribution in [0.15, 0.2) is 12.2 Å². The van der Waals surface area contributed by atoms with Crippen LogP contribution < -0.4 is 5.32 Å². The Morgan fingerprint density at radius 1 is 0.585 bits per heavy atom. The Hall–Kier alpha value is -0.910. The topological polar surface area (TPSA) is 89.8 Å². The van der Waals surface area contributed by atoms with Crippen LogP contribution in [0.4, 0.5) is 0 Å². The normalized spacial score (nSPS) is 14.0. The van der Waals surface area contributed by atoms with Crippen molar-refractivity contribution in [3.8, 4) is 0 Å². The van der Waals surface area contributed by atoms with Gasteiger partial charge in [0.15, 0.2) is 0 Å². The number of carbonyl (C=O) groups is 1. The molecule has 0 saturated carbocycles. The minimum atomic E-state index is -0.745. The smallest absolute Gasteiger partial charge is 0.222 e. The average Bonchev–Trinajstić information content (AvgIpc) is 2.96. The molecular formula is C36H71NO4. The quantitative estimate of drug-likeness (QED) is 0.0471. The van der Waals surface area contributed by atoms with Crippen LogP contribution in [-0.4, -0.2) is 46.1 Å². The molecule has 0 aromatic carbocycles. The molecule has 0 fully saturated rings. The molecule has 4 N–H and O–H groups in total. The zero-order valence-electron chi connectivity index (χ0n) is 27.4. The van der Waals surface area contributed by atoms with Crippen molar-refractivity contribution in [1.29, 1.82) is 0 Å². The number of hydrogen-bond donors (Lipinski definition) is 4. The molecule has 244 valence electrons. The molecule has 41 heavy (non-hydrogen) atoms. The van der Waals surface area contributed by atoms with Gasteiger partial charge in [0.1, 0.15) is 0 Å². The van der Waals surface area contributed by atoms with Gasteiger partial charge in [-0.15, -0.1) is 0 Å². The van der Waals surface area contributed by atoms with E-state index in [1.807, 2.05) is 0 Å². The summed E-state index contributed by atoms with van der Waals surface area (Å²) in [6.07, 6.45) is 34.5. The molecule has 0 heterocycles. The fourth-order valence-electron chi connectivity index (χ4n) is 5.51. The van der Waals surface area contributed by atoms with Crippen molar-refractivity contribution in [2.75, 3.05) is 6.61 Å². The van der Waals surface area contributed by atoms with E-state index >= 15 is 0 Å². The second-order valence-electron chi connectivity index (χ2n) is 12.5. The van der Waals surface area contributed by atoms with Gasteiger partial charge in [0.25, 0.3) is 0 Å². The molecule has 0 radical (unpaired) electrons. The van der Waals surface area contributed by atoms with E-state index in [1.54, 1.807) is 0 Å². The number of amides is 1. The predicted octanol–water partition coefficient (Wildman–Crippen LogP) is 9.31. The third-order valence-electron chi connectivity index (χ3n) is 8.33. The molecule has 0 bridgehead atoms. The lowest BCUT2D eigenvalue weighted by molar-refractivity contribution is -0.125. The van der Waals surface area contributed by atoms with E-state index in [2.05, 4.69) is 31.3 Å². The minimum Gasteiger partial charge on any atom is -0.394 e. The number of nitrogens with one attached hydrogen (secondary N) is 1. The highest BCUT2D eigenvalue weighted by Crippen LogP contribution is 2.14. The Morgan fingerprint density at radius 3 is 1.41 bits per heavy atom. The molecule has 5 nitrogen and oxygen atoms in total. The van der Waals surface area contributed by atoms with E-state index in [1.165, 1.54) is 122 Å². The number of rotatable bonds is 32. The van der Waals surface area contributed by atoms with Crippen LogP contribution in [-0.2, 0) is 4.79 Å². The van der Waals surface area contributed by atoms with Crippen molar-refractivity contribution in [2.24, 2.45) is 0 Å². The van der Waals surface area contributed by atoms with E-state index in [4.69, 9.17) is 0 Å². The molecular weight excluding hydrogens is 510 g/mol. The van der Waals surface area contributed by atoms with Crippen molar-refractivity contribution in [3.05, 3.63) is 12.2 Å². The van der Waals surface area contributed by atoms with Crippen LogP contribution in [0.2, 0.25) is 0 Å². The number of hydrogen-bond acceptors (Lipinski definition) is 4. The van der Waals surface area contributed by atoms with Crippen molar-refractivity contribution < 1.29 is 20.1 Å². The van der Waals surface area contributed by atoms with Crippen molar-refractivity contribution in [2.45, 2.75) is 205 Å². The van der Waals surface area contributed by atoms with Gasteiger partial charge in [0.2, 0.25) is 5.91 Å². The first-order valence-corrected chi connectivity index (χ1v) is 18.0. The fourth-order valence-corrected chi connectivity index (χ4v) is 5.51. The Kier molecular flexibility index (Phi) is 31.3. The summed E-state index contributed by atoms with van der Waals surface area (Å²) in [7, 11) is 0. The molecule has 0 aliphatic carbocycles. The molecule has 0 rings (SSSR count). The molecule has 5 heteroatoms. The van der Waals surface area contributed by atoms with E-state index in [0.717, 1.165) is 32.1 Å². The Labute approximate surface area is 255 Å². The second kappa shape index (κ2) is 32.0. The molecule has 1 amide bonds. The first-order valence-electron chi connectivity index (χ1n) is 18.0. The number of aliphatic hydroxyl groups excluding tert-OH is 3. The van der Waals surface area contributed by atoms with E-state index in [-0.39, 0.29) is 18.9 Å². The van der Waals surface area contributed by atoms with Crippen molar-refractivity contribution in [1.82, 2.24) is 5.32 Å². The van der Waals surface area contributed by atoms with Gasteiger partial charge in [-0.25, -0.2) is 0 Å². The summed E-state index contributed by atoms with van der Waals surface area (Å²) in [6.45, 7) is 4.22. The van der Waals surface area contributed by atoms with Crippen LogP contribution in [0.25, 0.3) is 0 Å². The monoisotopic (exact) mass is 582 g/mol. The Morgan fingerprint density at radius 2 is 0.976 bits per heavy atom. The highest BCUT2D eigenvalue weighted by atomic mass is 16.3. The number of allylic oxidation sites excluding steroid dienone is 2. The van der Waals surface area contributed by atoms with Gasteiger partial charge < -0.3 is 20.6 Å². The lowest BCUT2D eigenvalue weighted by atomic mass is 10.0. The Balaban J connectivity index is 3.66. The standard InChI is InChI=1S/C36H71NO4/c1-3-5-7-9-11-13-14-15-16-17-18-19-20-22-23-25-27-29-33(39)31-36(41)37-34(32-38)35(40)30-28-26-24-21-12-10-8-6-4-2/h17-18,33-35,38-40H,3-16,19-32H2,1-2H3,(H,37,41)/b18-17-. The molecule has 3 unspecified atom stereocenters. The minimum absolute atomic E-state index is 0.0326. The zero-order chi connectivity index (χ0) is 30.2. The lowest BCUT2D eigenvalue weighted by Gasteiger charge is -2.23. The van der Waals surface area contributed by atoms with Gasteiger partial charge in [-0.3, -0.25) is 4.79 Å². The van der Waals surface area contributed by atoms with Crippen LogP contribution in [0.3, 0.4) is 0 Å². The number of aliphatic hydroxyl groups is 3. The van der Waals surface area contributed by atoms with E-state index in [0.29, 0.717) is 12.8 Å². The maximum absolute atomic E-state index is 12.3. The van der Waals surface area contributed by atoms with Crippen LogP contribution in [0.5, 0.6) is 0 Å². The summed E-state index contributed by atoms with van der Waals surface area (Å²) in [6, 6.07) is -0.655. The number of unbranched alkanes of at least 4 members (excludes halogenated alkanes) is 21. The zero-order valence-corrected chi connectivity index (χ0v) is 27.4. The maximum atomic E-state index is 12.3.